The maximum Gasteiger partial charge on any atom is 0.248 e. The quantitative estimate of drug-likeness (QED) is 0.854. The molecule has 2 rings (SSSR count). The van der Waals surface area contributed by atoms with Gasteiger partial charge in [0.25, 0.3) is 0 Å². The monoisotopic (exact) mass is 315 g/mol. The molecule has 1 N–H and O–H groups in total. The van der Waals surface area contributed by atoms with Crippen LogP contribution in [0.1, 0.15) is 11.1 Å². The SMILES string of the molecule is COc1cc(/C=C/C(=O)Nc2cc(F)ccc2C)cc(OC)c1. The first-order chi connectivity index (χ1) is 11.0. The molecule has 0 aliphatic heterocycles. The third kappa shape index (κ3) is 4.57. The number of ether oxygens (including phenoxy) is 2. The fraction of sp³-hybridized carbons (Fsp3) is 0.167. The Hall–Kier alpha value is -2.82. The summed E-state index contributed by atoms with van der Waals surface area (Å²) in [5.74, 6) is 0.517. The summed E-state index contributed by atoms with van der Waals surface area (Å²) >= 11 is 0. The predicted octanol–water partition coefficient (Wildman–Crippen LogP) is 3.80. The summed E-state index contributed by atoms with van der Waals surface area (Å²) in [6.45, 7) is 1.80. The van der Waals surface area contributed by atoms with Crippen LogP contribution >= 0.6 is 0 Å². The van der Waals surface area contributed by atoms with Gasteiger partial charge in [0, 0.05) is 17.8 Å². The van der Waals surface area contributed by atoms with Crippen LogP contribution in [0.4, 0.5) is 10.1 Å². The van der Waals surface area contributed by atoms with Gasteiger partial charge >= 0.3 is 0 Å². The highest BCUT2D eigenvalue weighted by Gasteiger charge is 2.04. The van der Waals surface area contributed by atoms with E-state index in [-0.39, 0.29) is 5.91 Å². The minimum absolute atomic E-state index is 0.347. The third-order valence-electron chi connectivity index (χ3n) is 3.26. The number of hydrogen-bond acceptors (Lipinski definition) is 3. The topological polar surface area (TPSA) is 47.6 Å². The first-order valence-corrected chi connectivity index (χ1v) is 7.00. The van der Waals surface area contributed by atoms with Gasteiger partial charge in [-0.15, -0.1) is 0 Å². The molecule has 0 aromatic heterocycles. The van der Waals surface area contributed by atoms with Gasteiger partial charge in [0.1, 0.15) is 17.3 Å². The second-order valence-electron chi connectivity index (χ2n) is 4.93. The molecule has 1 amide bonds. The van der Waals surface area contributed by atoms with E-state index in [0.29, 0.717) is 17.2 Å². The van der Waals surface area contributed by atoms with Crippen LogP contribution in [0.3, 0.4) is 0 Å². The van der Waals surface area contributed by atoms with E-state index in [9.17, 15) is 9.18 Å². The molecule has 0 saturated heterocycles. The third-order valence-corrected chi connectivity index (χ3v) is 3.26. The molecule has 0 aliphatic rings. The van der Waals surface area contributed by atoms with E-state index < -0.39 is 5.82 Å². The van der Waals surface area contributed by atoms with Crippen LogP contribution in [0.15, 0.2) is 42.5 Å². The predicted molar refractivity (Wildman–Crippen MR) is 88.3 cm³/mol. The van der Waals surface area contributed by atoms with Crippen LogP contribution in [-0.4, -0.2) is 20.1 Å². The first kappa shape index (κ1) is 16.5. The second-order valence-corrected chi connectivity index (χ2v) is 4.93. The highest BCUT2D eigenvalue weighted by atomic mass is 19.1. The fourth-order valence-electron chi connectivity index (χ4n) is 2.00. The van der Waals surface area contributed by atoms with Crippen molar-refractivity contribution in [1.82, 2.24) is 0 Å². The Bertz CT molecular complexity index is 719. The molecule has 0 bridgehead atoms. The second kappa shape index (κ2) is 7.45. The molecule has 0 fully saturated rings. The molecular formula is C18H18FNO3. The van der Waals surface area contributed by atoms with Crippen LogP contribution in [0.25, 0.3) is 6.08 Å². The molecule has 0 saturated carbocycles. The van der Waals surface area contributed by atoms with Gasteiger partial charge in [-0.3, -0.25) is 4.79 Å². The molecule has 0 atom stereocenters. The van der Waals surface area contributed by atoms with Crippen molar-refractivity contribution in [3.63, 3.8) is 0 Å². The van der Waals surface area contributed by atoms with Crippen LogP contribution in [0.5, 0.6) is 11.5 Å². The van der Waals surface area contributed by atoms with Gasteiger partial charge in [-0.1, -0.05) is 6.07 Å². The Morgan fingerprint density at radius 3 is 2.35 bits per heavy atom. The Kier molecular flexibility index (Phi) is 5.36. The molecule has 5 heteroatoms. The Balaban J connectivity index is 2.13. The van der Waals surface area contributed by atoms with Crippen molar-refractivity contribution in [3.05, 3.63) is 59.4 Å². The molecule has 0 heterocycles. The summed E-state index contributed by atoms with van der Waals surface area (Å²) in [7, 11) is 3.11. The van der Waals surface area contributed by atoms with E-state index >= 15 is 0 Å². The maximum absolute atomic E-state index is 13.2. The number of carbonyl (C=O) groups is 1. The highest BCUT2D eigenvalue weighted by Crippen LogP contribution is 2.23. The van der Waals surface area contributed by atoms with Crippen LogP contribution < -0.4 is 14.8 Å². The van der Waals surface area contributed by atoms with E-state index in [1.807, 2.05) is 0 Å². The number of amides is 1. The average Bonchev–Trinajstić information content (AvgIpc) is 2.56. The van der Waals surface area contributed by atoms with E-state index in [1.54, 1.807) is 51.5 Å². The minimum Gasteiger partial charge on any atom is -0.497 e. The summed E-state index contributed by atoms with van der Waals surface area (Å²) in [5, 5.41) is 2.65. The number of carbonyl (C=O) groups excluding carboxylic acids is 1. The maximum atomic E-state index is 13.2. The number of aryl methyl sites for hydroxylation is 1. The van der Waals surface area contributed by atoms with Gasteiger partial charge in [-0.05, 0) is 48.4 Å². The van der Waals surface area contributed by atoms with Gasteiger partial charge in [-0.2, -0.15) is 0 Å². The van der Waals surface area contributed by atoms with Gasteiger partial charge in [0.05, 0.1) is 14.2 Å². The lowest BCUT2D eigenvalue weighted by atomic mass is 10.1. The zero-order valence-corrected chi connectivity index (χ0v) is 13.2. The fourth-order valence-corrected chi connectivity index (χ4v) is 2.00. The lowest BCUT2D eigenvalue weighted by Crippen LogP contribution is -2.09. The molecule has 0 radical (unpaired) electrons. The van der Waals surface area contributed by atoms with E-state index in [0.717, 1.165) is 11.1 Å². The normalized spacial score (nSPS) is 10.6. The number of methoxy groups -OCH3 is 2. The highest BCUT2D eigenvalue weighted by molar-refractivity contribution is 6.02. The van der Waals surface area contributed by atoms with E-state index in [2.05, 4.69) is 5.32 Å². The van der Waals surface area contributed by atoms with Gasteiger partial charge < -0.3 is 14.8 Å². The van der Waals surface area contributed by atoms with E-state index in [1.165, 1.54) is 18.2 Å². The van der Waals surface area contributed by atoms with Crippen molar-refractivity contribution in [3.8, 4) is 11.5 Å². The Morgan fingerprint density at radius 1 is 1.09 bits per heavy atom. The van der Waals surface area contributed by atoms with Crippen LogP contribution in [-0.2, 0) is 4.79 Å². The van der Waals surface area contributed by atoms with Crippen molar-refractivity contribution >= 4 is 17.7 Å². The summed E-state index contributed by atoms with van der Waals surface area (Å²) in [6.07, 6.45) is 3.01. The molecule has 2 aromatic rings. The molecule has 4 nitrogen and oxygen atoms in total. The molecule has 0 aliphatic carbocycles. The number of benzene rings is 2. The van der Waals surface area contributed by atoms with Crippen molar-refractivity contribution in [2.24, 2.45) is 0 Å². The zero-order chi connectivity index (χ0) is 16.8. The number of nitrogens with one attached hydrogen (secondary N) is 1. The number of anilines is 1. The molecule has 0 unspecified atom stereocenters. The summed E-state index contributed by atoms with van der Waals surface area (Å²) < 4.78 is 23.6. The number of halogens is 1. The average molecular weight is 315 g/mol. The summed E-state index contributed by atoms with van der Waals surface area (Å²) in [6, 6.07) is 9.55. The standard InChI is InChI=1S/C18H18FNO3/c1-12-4-6-14(19)10-17(12)20-18(21)7-5-13-8-15(22-2)11-16(9-13)23-3/h4-11H,1-3H3,(H,20,21)/b7-5+. The molecule has 0 spiro atoms. The van der Waals surface area contributed by atoms with Gasteiger partial charge in [0.2, 0.25) is 5.91 Å². The smallest absolute Gasteiger partial charge is 0.248 e. The molecular weight excluding hydrogens is 297 g/mol. The van der Waals surface area contributed by atoms with Crippen molar-refractivity contribution in [1.29, 1.82) is 0 Å². The van der Waals surface area contributed by atoms with E-state index in [4.69, 9.17) is 9.47 Å². The van der Waals surface area contributed by atoms with Crippen molar-refractivity contribution < 1.29 is 18.7 Å². The minimum atomic E-state index is -0.396. The number of rotatable bonds is 5. The largest absolute Gasteiger partial charge is 0.497 e. The summed E-state index contributed by atoms with van der Waals surface area (Å²) in [5.41, 5.74) is 1.99. The molecule has 120 valence electrons. The molecule has 23 heavy (non-hydrogen) atoms. The first-order valence-electron chi connectivity index (χ1n) is 7.00. The van der Waals surface area contributed by atoms with Crippen LogP contribution in [0.2, 0.25) is 0 Å². The van der Waals surface area contributed by atoms with Gasteiger partial charge in [-0.25, -0.2) is 4.39 Å². The lowest BCUT2D eigenvalue weighted by Gasteiger charge is -2.07. The van der Waals surface area contributed by atoms with Crippen LogP contribution in [0, 0.1) is 12.7 Å². The summed E-state index contributed by atoms with van der Waals surface area (Å²) in [4.78, 5) is 12.0. The lowest BCUT2D eigenvalue weighted by molar-refractivity contribution is -0.111. The number of hydrogen-bond donors (Lipinski definition) is 1. The van der Waals surface area contributed by atoms with Crippen molar-refractivity contribution in [2.75, 3.05) is 19.5 Å². The Labute approximate surface area is 134 Å². The zero-order valence-electron chi connectivity index (χ0n) is 13.2. The van der Waals surface area contributed by atoms with Crippen molar-refractivity contribution in [2.45, 2.75) is 6.92 Å². The Morgan fingerprint density at radius 2 is 1.74 bits per heavy atom. The molecule has 2 aromatic carbocycles. The van der Waals surface area contributed by atoms with Gasteiger partial charge in [0.15, 0.2) is 0 Å².